The molecule has 12 nitrogen and oxygen atoms in total. The molecule has 1 amide bonds. The summed E-state index contributed by atoms with van der Waals surface area (Å²) < 4.78 is 0. The summed E-state index contributed by atoms with van der Waals surface area (Å²) in [6, 6.07) is 2.33. The van der Waals surface area contributed by atoms with Crippen molar-refractivity contribution >= 4 is 29.5 Å². The summed E-state index contributed by atoms with van der Waals surface area (Å²) in [6.45, 7) is 11.0. The second-order valence-electron chi connectivity index (χ2n) is 14.4. The molecule has 3 fully saturated rings. The van der Waals surface area contributed by atoms with Crippen LogP contribution >= 0.6 is 0 Å². The third kappa shape index (κ3) is 12.2. The number of nitrogen functional groups attached to an aromatic ring is 1. The fourth-order valence-corrected chi connectivity index (χ4v) is 6.95. The molecule has 7 N–H and O–H groups in total. The fraction of sp³-hybridized carbons (Fsp3) is 0.818. The van der Waals surface area contributed by atoms with Crippen molar-refractivity contribution in [2.24, 2.45) is 5.92 Å². The van der Waals surface area contributed by atoms with Gasteiger partial charge in [0.2, 0.25) is 11.9 Å². The molecule has 1 aliphatic heterocycles. The van der Waals surface area contributed by atoms with Crippen molar-refractivity contribution in [1.29, 1.82) is 0 Å². The van der Waals surface area contributed by atoms with Crippen LogP contribution in [-0.4, -0.2) is 101 Å². The number of nitrogens with two attached hydrogens (primary N) is 1. The molecule has 0 bridgehead atoms. The molecule has 1 unspecified atom stereocenters. The van der Waals surface area contributed by atoms with Crippen LogP contribution in [0, 0.1) is 5.92 Å². The quantitative estimate of drug-likeness (QED) is 0.158. The van der Waals surface area contributed by atoms with E-state index in [0.29, 0.717) is 49.8 Å². The Labute approximate surface area is 270 Å². The number of piperazine rings is 1. The lowest BCUT2D eigenvalue weighted by Gasteiger charge is -2.42. The molecular formula is C33H59N9O3. The molecule has 1 aromatic rings. The minimum Gasteiger partial charge on any atom is -0.481 e. The average molecular weight is 630 g/mol. The topological polar surface area (TPSA) is 161 Å². The molecule has 2 heterocycles. The lowest BCUT2D eigenvalue weighted by atomic mass is 9.84. The zero-order chi connectivity index (χ0) is 32.2. The molecule has 0 radical (unpaired) electrons. The van der Waals surface area contributed by atoms with E-state index in [1.807, 2.05) is 25.7 Å². The van der Waals surface area contributed by atoms with E-state index < -0.39 is 17.6 Å². The number of amides is 1. The van der Waals surface area contributed by atoms with Gasteiger partial charge in [0.05, 0.1) is 6.42 Å². The number of anilines is 3. The van der Waals surface area contributed by atoms with Crippen LogP contribution in [-0.2, 0) is 9.59 Å². The molecule has 2 aliphatic carbocycles. The Morgan fingerprint density at radius 2 is 1.73 bits per heavy atom. The van der Waals surface area contributed by atoms with Crippen molar-refractivity contribution in [3.05, 3.63) is 6.07 Å². The Morgan fingerprint density at radius 1 is 0.978 bits per heavy atom. The summed E-state index contributed by atoms with van der Waals surface area (Å²) in [6.07, 6.45) is 13.9. The van der Waals surface area contributed by atoms with Crippen LogP contribution < -0.4 is 31.9 Å². The van der Waals surface area contributed by atoms with Crippen molar-refractivity contribution in [1.82, 2.24) is 30.8 Å². The van der Waals surface area contributed by atoms with E-state index in [2.05, 4.69) is 31.2 Å². The zero-order valence-corrected chi connectivity index (χ0v) is 28.0. The van der Waals surface area contributed by atoms with E-state index >= 15 is 0 Å². The van der Waals surface area contributed by atoms with Gasteiger partial charge in [-0.3, -0.25) is 14.5 Å². The molecule has 2 saturated carbocycles. The second-order valence-corrected chi connectivity index (χ2v) is 14.4. The number of nitrogens with one attached hydrogen (secondary N) is 4. The third-order valence-corrected chi connectivity index (χ3v) is 9.44. The molecule has 0 aromatic carbocycles. The second kappa shape index (κ2) is 17.3. The molecular weight excluding hydrogens is 570 g/mol. The van der Waals surface area contributed by atoms with Crippen LogP contribution in [0.4, 0.5) is 17.6 Å². The van der Waals surface area contributed by atoms with E-state index in [1.54, 1.807) is 6.07 Å². The number of carboxylic acids is 1. The number of rotatable bonds is 15. The molecule has 12 heteroatoms. The minimum absolute atomic E-state index is 0.00929. The lowest BCUT2D eigenvalue weighted by molar-refractivity contribution is -0.138. The first-order valence-electron chi connectivity index (χ1n) is 17.4. The number of carbonyl (C=O) groups excluding carboxylic acids is 1. The number of aliphatic carboxylic acids is 1. The predicted molar refractivity (Wildman–Crippen MR) is 181 cm³/mol. The van der Waals surface area contributed by atoms with Gasteiger partial charge in [-0.15, -0.1) is 0 Å². The Hall–Kier alpha value is -2.70. The maximum absolute atomic E-state index is 13.2. The van der Waals surface area contributed by atoms with Crippen molar-refractivity contribution < 1.29 is 14.7 Å². The van der Waals surface area contributed by atoms with Crippen LogP contribution in [0.25, 0.3) is 0 Å². The summed E-state index contributed by atoms with van der Waals surface area (Å²) >= 11 is 0. The maximum atomic E-state index is 13.2. The number of nitrogens with zero attached hydrogens (tertiary/aromatic N) is 4. The highest BCUT2D eigenvalue weighted by molar-refractivity contribution is 5.83. The Morgan fingerprint density at radius 3 is 2.44 bits per heavy atom. The van der Waals surface area contributed by atoms with Crippen LogP contribution in [0.1, 0.15) is 97.8 Å². The monoisotopic (exact) mass is 629 g/mol. The first kappa shape index (κ1) is 35.2. The minimum atomic E-state index is -0.870. The van der Waals surface area contributed by atoms with E-state index in [1.165, 1.54) is 57.8 Å². The van der Waals surface area contributed by atoms with E-state index in [9.17, 15) is 14.7 Å². The predicted octanol–water partition coefficient (Wildman–Crippen LogP) is 3.20. The van der Waals surface area contributed by atoms with Crippen molar-refractivity contribution in [3.8, 4) is 0 Å². The highest BCUT2D eigenvalue weighted by atomic mass is 16.4. The maximum Gasteiger partial charge on any atom is 0.304 e. The first-order chi connectivity index (χ1) is 21.6. The largest absolute Gasteiger partial charge is 0.481 e. The number of aromatic nitrogens is 2. The smallest absolute Gasteiger partial charge is 0.304 e. The van der Waals surface area contributed by atoms with Gasteiger partial charge < -0.3 is 37.0 Å². The van der Waals surface area contributed by atoms with Gasteiger partial charge in [-0.1, -0.05) is 19.3 Å². The molecule has 254 valence electrons. The van der Waals surface area contributed by atoms with Gasteiger partial charge in [-0.25, -0.2) is 0 Å². The summed E-state index contributed by atoms with van der Waals surface area (Å²) in [7, 11) is 0. The average Bonchev–Trinajstić information content (AvgIpc) is 2.99. The molecule has 4 rings (SSSR count). The molecule has 1 aromatic heterocycles. The zero-order valence-electron chi connectivity index (χ0n) is 28.0. The van der Waals surface area contributed by atoms with Crippen molar-refractivity contribution in [2.45, 2.75) is 121 Å². The molecule has 0 spiro atoms. The molecule has 1 atom stereocenters. The first-order valence-corrected chi connectivity index (χ1v) is 17.4. The van der Waals surface area contributed by atoms with Crippen molar-refractivity contribution in [2.75, 3.05) is 61.8 Å². The third-order valence-electron chi connectivity index (χ3n) is 9.44. The Kier molecular flexibility index (Phi) is 13.5. The summed E-state index contributed by atoms with van der Waals surface area (Å²) in [5.74, 6) is 1.37. The standard InChI is InChI=1S/C33H59N9O3/c1-33(2,3)40-31(45)27-23-42(21-20-41(27)19-15-30(43)44)29-22-28(34)38-32(39-29)37-26-12-10-24(11-13-26)14-18-35-16-7-17-36-25-8-5-4-6-9-25/h22,24-27,35-36H,4-21,23H2,1-3H3,(H,40,45)(H,43,44)(H3,34,37,38,39). The van der Waals surface area contributed by atoms with Crippen molar-refractivity contribution in [3.63, 3.8) is 0 Å². The van der Waals surface area contributed by atoms with Gasteiger partial charge in [0, 0.05) is 49.9 Å². The van der Waals surface area contributed by atoms with Crippen LogP contribution in [0.2, 0.25) is 0 Å². The number of hydrogen-bond acceptors (Lipinski definition) is 10. The van der Waals surface area contributed by atoms with Gasteiger partial charge in [0.15, 0.2) is 0 Å². The van der Waals surface area contributed by atoms with Crippen LogP contribution in [0.5, 0.6) is 0 Å². The number of carboxylic acid groups (broad SMARTS) is 1. The van der Waals surface area contributed by atoms with E-state index in [0.717, 1.165) is 44.4 Å². The highest BCUT2D eigenvalue weighted by Gasteiger charge is 2.35. The van der Waals surface area contributed by atoms with E-state index in [-0.39, 0.29) is 12.3 Å². The van der Waals surface area contributed by atoms with Gasteiger partial charge in [-0.2, -0.15) is 9.97 Å². The number of hydrogen-bond donors (Lipinski definition) is 6. The number of carbonyl (C=O) groups is 2. The van der Waals surface area contributed by atoms with E-state index in [4.69, 9.17) is 10.7 Å². The highest BCUT2D eigenvalue weighted by Crippen LogP contribution is 2.29. The Balaban J connectivity index is 1.21. The van der Waals surface area contributed by atoms with Crippen LogP contribution in [0.15, 0.2) is 6.07 Å². The van der Waals surface area contributed by atoms with Crippen LogP contribution in [0.3, 0.4) is 0 Å². The van der Waals surface area contributed by atoms with Gasteiger partial charge in [0.1, 0.15) is 17.7 Å². The normalized spacial score (nSPS) is 23.5. The molecule has 1 saturated heterocycles. The lowest BCUT2D eigenvalue weighted by Crippen LogP contribution is -2.61. The fourth-order valence-electron chi connectivity index (χ4n) is 6.95. The molecule has 45 heavy (non-hydrogen) atoms. The summed E-state index contributed by atoms with van der Waals surface area (Å²) in [5, 5.41) is 23.2. The SMILES string of the molecule is CC(C)(C)NC(=O)C1CN(c2cc(N)nc(NC3CCC(CCNCCCNC4CCCCC4)CC3)n2)CCN1CCC(=O)O. The van der Waals surface area contributed by atoms with Gasteiger partial charge in [-0.05, 0) is 97.7 Å². The molecule has 3 aliphatic rings. The van der Waals surface area contributed by atoms with Gasteiger partial charge >= 0.3 is 5.97 Å². The summed E-state index contributed by atoms with van der Waals surface area (Å²) in [4.78, 5) is 37.8. The van der Waals surface area contributed by atoms with Gasteiger partial charge in [0.25, 0.3) is 0 Å². The Bertz CT molecular complexity index is 1070. The summed E-state index contributed by atoms with van der Waals surface area (Å²) in [5.41, 5.74) is 5.84.